The van der Waals surface area contributed by atoms with Crippen LogP contribution in [0.3, 0.4) is 0 Å². The van der Waals surface area contributed by atoms with Crippen LogP contribution in [0.25, 0.3) is 0 Å². The van der Waals surface area contributed by atoms with Crippen molar-refractivity contribution in [3.8, 4) is 5.75 Å². The van der Waals surface area contributed by atoms with Gasteiger partial charge in [0.2, 0.25) is 0 Å². The molecule has 0 unspecified atom stereocenters. The number of benzene rings is 2. The van der Waals surface area contributed by atoms with E-state index >= 15 is 0 Å². The van der Waals surface area contributed by atoms with Gasteiger partial charge in [0.1, 0.15) is 5.75 Å². The third-order valence-electron chi connectivity index (χ3n) is 3.15. The van der Waals surface area contributed by atoms with Gasteiger partial charge in [-0.25, -0.2) is 4.79 Å². The molecule has 0 heterocycles. The highest BCUT2D eigenvalue weighted by molar-refractivity contribution is 5.92. The zero-order valence-electron chi connectivity index (χ0n) is 13.2. The van der Waals surface area contributed by atoms with Crippen molar-refractivity contribution in [3.05, 3.63) is 59.7 Å². The number of hydrogen-bond acceptors (Lipinski definition) is 4. The highest BCUT2D eigenvalue weighted by Crippen LogP contribution is 2.15. The summed E-state index contributed by atoms with van der Waals surface area (Å²) in [4.78, 5) is 23.4. The Balaban J connectivity index is 1.87. The third kappa shape index (κ3) is 4.85. The van der Waals surface area contributed by atoms with Gasteiger partial charge in [-0.3, -0.25) is 4.79 Å². The molecule has 0 bridgehead atoms. The molecule has 2 rings (SSSR count). The quantitative estimate of drug-likeness (QED) is 0.832. The largest absolute Gasteiger partial charge is 0.484 e. The molecular weight excluding hydrogens is 294 g/mol. The first-order chi connectivity index (χ1) is 11.1. The lowest BCUT2D eigenvalue weighted by Gasteiger charge is -2.09. The van der Waals surface area contributed by atoms with E-state index in [1.54, 1.807) is 31.2 Å². The fourth-order valence-electron chi connectivity index (χ4n) is 1.95. The molecule has 0 aliphatic rings. The van der Waals surface area contributed by atoms with Crippen LogP contribution in [0.5, 0.6) is 5.75 Å². The Hall–Kier alpha value is -2.82. The monoisotopic (exact) mass is 313 g/mol. The molecule has 2 aromatic carbocycles. The van der Waals surface area contributed by atoms with Crippen molar-refractivity contribution < 1.29 is 19.1 Å². The van der Waals surface area contributed by atoms with Crippen LogP contribution in [0.2, 0.25) is 0 Å². The Labute approximate surface area is 135 Å². The summed E-state index contributed by atoms with van der Waals surface area (Å²) in [5, 5.41) is 2.79. The van der Waals surface area contributed by atoms with Crippen LogP contribution < -0.4 is 10.1 Å². The summed E-state index contributed by atoms with van der Waals surface area (Å²) in [5.41, 5.74) is 2.20. The van der Waals surface area contributed by atoms with Gasteiger partial charge in [0.05, 0.1) is 12.2 Å². The molecule has 1 amide bonds. The minimum Gasteiger partial charge on any atom is -0.484 e. The lowest BCUT2D eigenvalue weighted by Crippen LogP contribution is -2.20. The molecule has 0 aliphatic carbocycles. The molecule has 5 heteroatoms. The van der Waals surface area contributed by atoms with Crippen LogP contribution in [0.15, 0.2) is 48.5 Å². The van der Waals surface area contributed by atoms with Crippen molar-refractivity contribution in [3.63, 3.8) is 0 Å². The summed E-state index contributed by atoms with van der Waals surface area (Å²) in [6.45, 7) is 3.90. The van der Waals surface area contributed by atoms with Crippen LogP contribution in [0, 0.1) is 6.92 Å². The van der Waals surface area contributed by atoms with E-state index in [0.29, 0.717) is 17.9 Å². The van der Waals surface area contributed by atoms with E-state index in [-0.39, 0.29) is 18.5 Å². The number of para-hydroxylation sites is 1. The van der Waals surface area contributed by atoms with Gasteiger partial charge in [0.25, 0.3) is 5.91 Å². The predicted molar refractivity (Wildman–Crippen MR) is 87.7 cm³/mol. The van der Waals surface area contributed by atoms with Crippen LogP contribution in [0.1, 0.15) is 22.8 Å². The maximum absolute atomic E-state index is 11.9. The summed E-state index contributed by atoms with van der Waals surface area (Å²) < 4.78 is 10.3. The van der Waals surface area contributed by atoms with E-state index in [1.807, 2.05) is 31.2 Å². The van der Waals surface area contributed by atoms with Crippen molar-refractivity contribution in [2.75, 3.05) is 18.5 Å². The van der Waals surface area contributed by atoms with Crippen molar-refractivity contribution in [2.45, 2.75) is 13.8 Å². The highest BCUT2D eigenvalue weighted by atomic mass is 16.5. The van der Waals surface area contributed by atoms with Crippen LogP contribution in [0.4, 0.5) is 5.69 Å². The standard InChI is InChI=1S/C18H19NO4/c1-3-22-18(21)14-8-10-15(11-9-14)23-12-17(20)19-16-7-5-4-6-13(16)2/h4-11H,3,12H2,1-2H3,(H,19,20). The fourth-order valence-corrected chi connectivity index (χ4v) is 1.95. The van der Waals surface area contributed by atoms with Gasteiger partial charge in [0.15, 0.2) is 6.61 Å². The first kappa shape index (κ1) is 16.5. The summed E-state index contributed by atoms with van der Waals surface area (Å²) in [7, 11) is 0. The van der Waals surface area contributed by atoms with Crippen LogP contribution in [-0.4, -0.2) is 25.1 Å². The minimum absolute atomic E-state index is 0.104. The number of ether oxygens (including phenoxy) is 2. The van der Waals surface area contributed by atoms with Crippen molar-refractivity contribution in [1.29, 1.82) is 0 Å². The molecule has 0 radical (unpaired) electrons. The van der Waals surface area contributed by atoms with Gasteiger partial charge in [0, 0.05) is 5.69 Å². The van der Waals surface area contributed by atoms with Gasteiger partial charge >= 0.3 is 5.97 Å². The second kappa shape index (κ2) is 7.98. The number of esters is 1. The Kier molecular flexibility index (Phi) is 5.74. The molecule has 120 valence electrons. The molecule has 0 fully saturated rings. The molecule has 23 heavy (non-hydrogen) atoms. The Morgan fingerprint density at radius 1 is 1.04 bits per heavy atom. The van der Waals surface area contributed by atoms with Crippen LogP contribution >= 0.6 is 0 Å². The fraction of sp³-hybridized carbons (Fsp3) is 0.222. The number of rotatable bonds is 6. The maximum Gasteiger partial charge on any atom is 0.338 e. The predicted octanol–water partition coefficient (Wildman–Crippen LogP) is 3.19. The lowest BCUT2D eigenvalue weighted by molar-refractivity contribution is -0.118. The van der Waals surface area contributed by atoms with Gasteiger partial charge in [-0.15, -0.1) is 0 Å². The van der Waals surface area contributed by atoms with E-state index in [0.717, 1.165) is 11.3 Å². The van der Waals surface area contributed by atoms with Gasteiger partial charge < -0.3 is 14.8 Å². The molecule has 5 nitrogen and oxygen atoms in total. The summed E-state index contributed by atoms with van der Waals surface area (Å²) in [5.74, 6) is -0.108. The molecule has 0 saturated heterocycles. The summed E-state index contributed by atoms with van der Waals surface area (Å²) in [6.07, 6.45) is 0. The minimum atomic E-state index is -0.378. The molecule has 1 N–H and O–H groups in total. The summed E-state index contributed by atoms with van der Waals surface area (Å²) >= 11 is 0. The van der Waals surface area contributed by atoms with E-state index in [2.05, 4.69) is 5.32 Å². The first-order valence-electron chi connectivity index (χ1n) is 7.35. The highest BCUT2D eigenvalue weighted by Gasteiger charge is 2.08. The van der Waals surface area contributed by atoms with Gasteiger partial charge in [-0.2, -0.15) is 0 Å². The zero-order chi connectivity index (χ0) is 16.7. The molecular formula is C18H19NO4. The average molecular weight is 313 g/mol. The van der Waals surface area contributed by atoms with Crippen molar-refractivity contribution in [2.24, 2.45) is 0 Å². The topological polar surface area (TPSA) is 64.6 Å². The van der Waals surface area contributed by atoms with E-state index < -0.39 is 0 Å². The second-order valence-electron chi connectivity index (χ2n) is 4.90. The van der Waals surface area contributed by atoms with Crippen molar-refractivity contribution in [1.82, 2.24) is 0 Å². The normalized spacial score (nSPS) is 10.0. The SMILES string of the molecule is CCOC(=O)c1ccc(OCC(=O)Nc2ccccc2C)cc1. The number of carbonyl (C=O) groups excluding carboxylic acids is 2. The molecule has 0 atom stereocenters. The Morgan fingerprint density at radius 3 is 2.39 bits per heavy atom. The Bertz CT molecular complexity index is 680. The number of aryl methyl sites for hydroxylation is 1. The molecule has 0 spiro atoms. The van der Waals surface area contributed by atoms with Gasteiger partial charge in [-0.1, -0.05) is 18.2 Å². The molecule has 0 aromatic heterocycles. The van der Waals surface area contributed by atoms with E-state index in [4.69, 9.17) is 9.47 Å². The molecule has 0 aliphatic heterocycles. The summed E-state index contributed by atoms with van der Waals surface area (Å²) in [6, 6.07) is 14.0. The maximum atomic E-state index is 11.9. The molecule has 2 aromatic rings. The van der Waals surface area contributed by atoms with Crippen LogP contribution in [-0.2, 0) is 9.53 Å². The van der Waals surface area contributed by atoms with Gasteiger partial charge in [-0.05, 0) is 49.7 Å². The zero-order valence-corrected chi connectivity index (χ0v) is 13.2. The number of anilines is 1. The second-order valence-corrected chi connectivity index (χ2v) is 4.90. The lowest BCUT2D eigenvalue weighted by atomic mass is 10.2. The Morgan fingerprint density at radius 2 is 1.74 bits per heavy atom. The third-order valence-corrected chi connectivity index (χ3v) is 3.15. The van der Waals surface area contributed by atoms with Crippen molar-refractivity contribution >= 4 is 17.6 Å². The molecule has 0 saturated carbocycles. The smallest absolute Gasteiger partial charge is 0.338 e. The average Bonchev–Trinajstić information content (AvgIpc) is 2.56. The number of amides is 1. The number of hydrogen-bond donors (Lipinski definition) is 1. The van der Waals surface area contributed by atoms with E-state index in [9.17, 15) is 9.59 Å². The number of carbonyl (C=O) groups is 2. The van der Waals surface area contributed by atoms with E-state index in [1.165, 1.54) is 0 Å². The first-order valence-corrected chi connectivity index (χ1v) is 7.35. The number of nitrogens with one attached hydrogen (secondary N) is 1.